The number of rotatable bonds is 6. The average Bonchev–Trinajstić information content (AvgIpc) is 2.54. The summed E-state index contributed by atoms with van der Waals surface area (Å²) >= 11 is 1.65. The Morgan fingerprint density at radius 1 is 1.26 bits per heavy atom. The van der Waals surface area contributed by atoms with Gasteiger partial charge in [0, 0.05) is 43.8 Å². The maximum absolute atomic E-state index is 12.3. The fraction of sp³-hybridized carbons (Fsp3) is 0.412. The van der Waals surface area contributed by atoms with Gasteiger partial charge in [0.1, 0.15) is 0 Å². The second-order valence-electron chi connectivity index (χ2n) is 5.43. The van der Waals surface area contributed by atoms with E-state index in [2.05, 4.69) is 16.8 Å². The molecule has 1 saturated heterocycles. The summed E-state index contributed by atoms with van der Waals surface area (Å²) in [5.74, 6) is 0.884. The van der Waals surface area contributed by atoms with Crippen LogP contribution in [0.5, 0.6) is 0 Å². The molecule has 0 saturated carbocycles. The molecule has 124 valence electrons. The van der Waals surface area contributed by atoms with Crippen molar-refractivity contribution in [2.24, 2.45) is 0 Å². The first-order valence-corrected chi connectivity index (χ1v) is 8.69. The van der Waals surface area contributed by atoms with Gasteiger partial charge in [0.15, 0.2) is 0 Å². The SMILES string of the molecule is C=CCSc1ccccc1NC(=O)CN1CCN(C(C)=O)CC1. The number of para-hydroxylation sites is 1. The van der Waals surface area contributed by atoms with Gasteiger partial charge in [-0.3, -0.25) is 14.5 Å². The third-order valence-corrected chi connectivity index (χ3v) is 4.77. The van der Waals surface area contributed by atoms with Crippen LogP contribution in [0, 0.1) is 0 Å². The van der Waals surface area contributed by atoms with Crippen molar-refractivity contribution >= 4 is 29.3 Å². The van der Waals surface area contributed by atoms with Gasteiger partial charge in [-0.15, -0.1) is 18.3 Å². The molecule has 0 aliphatic carbocycles. The van der Waals surface area contributed by atoms with Crippen molar-refractivity contribution in [1.82, 2.24) is 9.80 Å². The number of carbonyl (C=O) groups excluding carboxylic acids is 2. The Bertz CT molecular complexity index is 569. The first kappa shape index (κ1) is 17.6. The van der Waals surface area contributed by atoms with Crippen LogP contribution in [-0.2, 0) is 9.59 Å². The molecule has 5 nitrogen and oxygen atoms in total. The molecule has 1 heterocycles. The van der Waals surface area contributed by atoms with E-state index >= 15 is 0 Å². The van der Waals surface area contributed by atoms with Crippen molar-refractivity contribution in [2.75, 3.05) is 43.8 Å². The van der Waals surface area contributed by atoms with Crippen molar-refractivity contribution in [3.8, 4) is 0 Å². The number of carbonyl (C=O) groups is 2. The molecule has 0 spiro atoms. The zero-order valence-electron chi connectivity index (χ0n) is 13.5. The van der Waals surface area contributed by atoms with Crippen molar-refractivity contribution < 1.29 is 9.59 Å². The molecule has 0 bridgehead atoms. The maximum Gasteiger partial charge on any atom is 0.238 e. The van der Waals surface area contributed by atoms with E-state index in [0.29, 0.717) is 19.6 Å². The lowest BCUT2D eigenvalue weighted by molar-refractivity contribution is -0.130. The standard InChI is InChI=1S/C17H23N3O2S/c1-3-12-23-16-7-5-4-6-15(16)18-17(22)13-19-8-10-20(11-9-19)14(2)21/h3-7H,1,8-13H2,2H3,(H,18,22). The monoisotopic (exact) mass is 333 g/mol. The number of amides is 2. The number of hydrogen-bond acceptors (Lipinski definition) is 4. The van der Waals surface area contributed by atoms with Crippen LogP contribution in [0.25, 0.3) is 0 Å². The summed E-state index contributed by atoms with van der Waals surface area (Å²) in [6.07, 6.45) is 1.85. The molecule has 2 amide bonds. The normalized spacial score (nSPS) is 15.3. The second kappa shape index (κ2) is 8.74. The number of thioether (sulfide) groups is 1. The Morgan fingerprint density at radius 2 is 1.96 bits per heavy atom. The Kier molecular flexibility index (Phi) is 6.67. The summed E-state index contributed by atoms with van der Waals surface area (Å²) in [6, 6.07) is 7.79. The topological polar surface area (TPSA) is 52.7 Å². The number of hydrogen-bond donors (Lipinski definition) is 1. The van der Waals surface area contributed by atoms with Crippen LogP contribution in [-0.4, -0.2) is 60.1 Å². The smallest absolute Gasteiger partial charge is 0.238 e. The van der Waals surface area contributed by atoms with Crippen LogP contribution in [0.2, 0.25) is 0 Å². The molecule has 0 unspecified atom stereocenters. The highest BCUT2D eigenvalue weighted by atomic mass is 32.2. The minimum atomic E-state index is -0.0204. The molecular weight excluding hydrogens is 310 g/mol. The summed E-state index contributed by atoms with van der Waals surface area (Å²) in [7, 11) is 0. The number of anilines is 1. The molecule has 2 rings (SSSR count). The molecular formula is C17H23N3O2S. The summed E-state index contributed by atoms with van der Waals surface area (Å²) < 4.78 is 0. The van der Waals surface area contributed by atoms with Gasteiger partial charge >= 0.3 is 0 Å². The third-order valence-electron chi connectivity index (χ3n) is 3.70. The van der Waals surface area contributed by atoms with Crippen molar-refractivity contribution in [1.29, 1.82) is 0 Å². The third kappa shape index (κ3) is 5.41. The number of benzene rings is 1. The van der Waals surface area contributed by atoms with Crippen molar-refractivity contribution in [3.63, 3.8) is 0 Å². The van der Waals surface area contributed by atoms with Gasteiger partial charge in [-0.05, 0) is 12.1 Å². The lowest BCUT2D eigenvalue weighted by Crippen LogP contribution is -2.49. The predicted octanol–water partition coefficient (Wildman–Crippen LogP) is 2.07. The van der Waals surface area contributed by atoms with Crippen molar-refractivity contribution in [3.05, 3.63) is 36.9 Å². The van der Waals surface area contributed by atoms with E-state index in [1.807, 2.05) is 35.2 Å². The van der Waals surface area contributed by atoms with Gasteiger partial charge in [0.25, 0.3) is 0 Å². The minimum absolute atomic E-state index is 0.0204. The predicted molar refractivity (Wildman–Crippen MR) is 94.7 cm³/mol. The van der Waals surface area contributed by atoms with E-state index in [0.717, 1.165) is 29.4 Å². The molecule has 1 fully saturated rings. The van der Waals surface area contributed by atoms with Crippen LogP contribution >= 0.6 is 11.8 Å². The average molecular weight is 333 g/mol. The van der Waals surface area contributed by atoms with Crippen LogP contribution in [0.3, 0.4) is 0 Å². The molecule has 0 atom stereocenters. The highest BCUT2D eigenvalue weighted by Crippen LogP contribution is 2.26. The van der Waals surface area contributed by atoms with Gasteiger partial charge in [-0.2, -0.15) is 0 Å². The fourth-order valence-electron chi connectivity index (χ4n) is 2.46. The fourth-order valence-corrected chi connectivity index (χ4v) is 3.20. The van der Waals surface area contributed by atoms with Gasteiger partial charge < -0.3 is 10.2 Å². The summed E-state index contributed by atoms with van der Waals surface area (Å²) in [5.41, 5.74) is 0.840. The molecule has 1 aliphatic heterocycles. The lowest BCUT2D eigenvalue weighted by atomic mass is 10.3. The molecule has 23 heavy (non-hydrogen) atoms. The minimum Gasteiger partial charge on any atom is -0.340 e. The Labute approximate surface area is 141 Å². The maximum atomic E-state index is 12.3. The lowest BCUT2D eigenvalue weighted by Gasteiger charge is -2.33. The van der Waals surface area contributed by atoms with Gasteiger partial charge in [0.2, 0.25) is 11.8 Å². The summed E-state index contributed by atoms with van der Waals surface area (Å²) in [6.45, 7) is 8.51. The molecule has 1 aromatic rings. The van der Waals surface area contributed by atoms with E-state index in [1.165, 1.54) is 0 Å². The van der Waals surface area contributed by atoms with E-state index in [9.17, 15) is 9.59 Å². The van der Waals surface area contributed by atoms with Crippen LogP contribution in [0.1, 0.15) is 6.92 Å². The Hall–Kier alpha value is -1.79. The van der Waals surface area contributed by atoms with Gasteiger partial charge in [0.05, 0.1) is 12.2 Å². The number of nitrogens with zero attached hydrogens (tertiary/aromatic N) is 2. The second-order valence-corrected chi connectivity index (χ2v) is 6.49. The summed E-state index contributed by atoms with van der Waals surface area (Å²) in [5, 5.41) is 2.98. The van der Waals surface area contributed by atoms with E-state index in [1.54, 1.807) is 18.7 Å². The van der Waals surface area contributed by atoms with Crippen molar-refractivity contribution in [2.45, 2.75) is 11.8 Å². The molecule has 0 radical (unpaired) electrons. The van der Waals surface area contributed by atoms with E-state index in [4.69, 9.17) is 0 Å². The van der Waals surface area contributed by atoms with E-state index in [-0.39, 0.29) is 11.8 Å². The van der Waals surface area contributed by atoms with E-state index < -0.39 is 0 Å². The number of nitrogens with one attached hydrogen (secondary N) is 1. The Morgan fingerprint density at radius 3 is 2.61 bits per heavy atom. The molecule has 1 N–H and O–H groups in total. The molecule has 0 aromatic heterocycles. The highest BCUT2D eigenvalue weighted by molar-refractivity contribution is 7.99. The largest absolute Gasteiger partial charge is 0.340 e. The van der Waals surface area contributed by atoms with Gasteiger partial charge in [-0.25, -0.2) is 0 Å². The zero-order valence-corrected chi connectivity index (χ0v) is 14.3. The zero-order chi connectivity index (χ0) is 16.7. The highest BCUT2D eigenvalue weighted by Gasteiger charge is 2.20. The first-order valence-electron chi connectivity index (χ1n) is 7.70. The van der Waals surface area contributed by atoms with Crippen LogP contribution in [0.4, 0.5) is 5.69 Å². The molecule has 6 heteroatoms. The van der Waals surface area contributed by atoms with Crippen LogP contribution < -0.4 is 5.32 Å². The first-order chi connectivity index (χ1) is 11.1. The summed E-state index contributed by atoms with van der Waals surface area (Å²) in [4.78, 5) is 28.5. The molecule has 1 aliphatic rings. The molecule has 1 aromatic carbocycles. The number of piperazine rings is 1. The Balaban J connectivity index is 1.86. The van der Waals surface area contributed by atoms with Gasteiger partial charge in [-0.1, -0.05) is 18.2 Å². The van der Waals surface area contributed by atoms with Crippen LogP contribution in [0.15, 0.2) is 41.8 Å². The quantitative estimate of drug-likeness (QED) is 0.640.